The lowest BCUT2D eigenvalue weighted by molar-refractivity contribution is 0.0589. The second kappa shape index (κ2) is 4.04. The van der Waals surface area contributed by atoms with Crippen LogP contribution in [0.1, 0.15) is 10.4 Å². The maximum Gasteiger partial charge on any atom is 0.344 e. The quantitative estimate of drug-likeness (QED) is 0.568. The molecule has 0 saturated carbocycles. The monoisotopic (exact) mass is 241 g/mol. The molecule has 0 fully saturated rings. The van der Waals surface area contributed by atoms with Crippen LogP contribution in [0.25, 0.3) is 10.9 Å². The largest absolute Gasteiger partial charge is 0.465 e. The normalized spacial score (nSPS) is 10.6. The highest BCUT2D eigenvalue weighted by molar-refractivity contribution is 5.95. The van der Waals surface area contributed by atoms with Gasteiger partial charge in [-0.3, -0.25) is 4.98 Å². The van der Waals surface area contributed by atoms with Crippen molar-refractivity contribution in [2.45, 2.75) is 0 Å². The molecular weight excluding hydrogens is 235 g/mol. The van der Waals surface area contributed by atoms with E-state index in [1.807, 2.05) is 0 Å². The van der Waals surface area contributed by atoms with Gasteiger partial charge in [0, 0.05) is 11.6 Å². The molecule has 0 bridgehead atoms. The van der Waals surface area contributed by atoms with E-state index in [2.05, 4.69) is 9.72 Å². The third-order valence-corrected chi connectivity index (χ3v) is 2.27. The van der Waals surface area contributed by atoms with Gasteiger partial charge in [-0.15, -0.1) is 0 Å². The minimum atomic E-state index is -1.60. The molecule has 6 heteroatoms. The second-order valence-electron chi connectivity index (χ2n) is 3.21. The van der Waals surface area contributed by atoms with Gasteiger partial charge in [0.15, 0.2) is 11.6 Å². The van der Waals surface area contributed by atoms with E-state index in [-0.39, 0.29) is 5.39 Å². The molecule has 88 valence electrons. The number of benzene rings is 1. The van der Waals surface area contributed by atoms with Gasteiger partial charge in [-0.05, 0) is 12.1 Å². The molecule has 0 saturated heterocycles. The van der Waals surface area contributed by atoms with Crippen LogP contribution in [0.5, 0.6) is 0 Å². The molecular formula is C11H6F3NO2. The van der Waals surface area contributed by atoms with Gasteiger partial charge < -0.3 is 4.74 Å². The summed E-state index contributed by atoms with van der Waals surface area (Å²) in [7, 11) is 0.951. The van der Waals surface area contributed by atoms with Crippen LogP contribution in [0.4, 0.5) is 13.2 Å². The smallest absolute Gasteiger partial charge is 0.344 e. The molecule has 0 spiro atoms. The molecule has 0 amide bonds. The van der Waals surface area contributed by atoms with Crippen LogP contribution >= 0.6 is 0 Å². The lowest BCUT2D eigenvalue weighted by atomic mass is 10.1. The van der Waals surface area contributed by atoms with Crippen LogP contribution in [0.15, 0.2) is 18.3 Å². The van der Waals surface area contributed by atoms with Crippen molar-refractivity contribution in [2.75, 3.05) is 7.11 Å². The van der Waals surface area contributed by atoms with E-state index in [1.165, 1.54) is 18.3 Å². The third-order valence-electron chi connectivity index (χ3n) is 2.27. The Balaban J connectivity index is 2.91. The first-order chi connectivity index (χ1) is 8.07. The molecule has 0 aliphatic carbocycles. The summed E-state index contributed by atoms with van der Waals surface area (Å²) < 4.78 is 45.0. The zero-order valence-electron chi connectivity index (χ0n) is 8.63. The molecule has 0 aliphatic rings. The first kappa shape index (κ1) is 11.4. The maximum absolute atomic E-state index is 13.8. The zero-order chi connectivity index (χ0) is 12.6. The van der Waals surface area contributed by atoms with E-state index < -0.39 is 34.5 Å². The highest BCUT2D eigenvalue weighted by Crippen LogP contribution is 2.26. The summed E-state index contributed by atoms with van der Waals surface area (Å²) in [5.74, 6) is -5.42. The number of rotatable bonds is 1. The minimum absolute atomic E-state index is 0.271. The fourth-order valence-electron chi connectivity index (χ4n) is 1.48. The molecule has 0 radical (unpaired) electrons. The fraction of sp³-hybridized carbons (Fsp3) is 0.0909. The molecule has 3 nitrogen and oxygen atoms in total. The van der Waals surface area contributed by atoms with Gasteiger partial charge >= 0.3 is 5.97 Å². The number of carbonyl (C=O) groups is 1. The molecule has 0 atom stereocenters. The summed E-state index contributed by atoms with van der Waals surface area (Å²) >= 11 is 0. The molecule has 0 N–H and O–H groups in total. The van der Waals surface area contributed by atoms with Gasteiger partial charge in [0.2, 0.25) is 0 Å². The number of halogens is 3. The Hall–Kier alpha value is -2.11. The first-order valence-electron chi connectivity index (χ1n) is 4.57. The molecule has 1 heterocycles. The number of methoxy groups -OCH3 is 1. The molecule has 1 aromatic carbocycles. The van der Waals surface area contributed by atoms with Crippen molar-refractivity contribution in [3.05, 3.63) is 41.3 Å². The standard InChI is InChI=1S/C11H6F3NO2/c1-17-11(16)6-7(12)5-3-2-4-15-10(5)9(14)8(6)13/h2-4H,1H3. The number of esters is 1. The zero-order valence-corrected chi connectivity index (χ0v) is 8.63. The number of aromatic nitrogens is 1. The average Bonchev–Trinajstić information content (AvgIpc) is 2.36. The Bertz CT molecular complexity index is 613. The Morgan fingerprint density at radius 2 is 1.94 bits per heavy atom. The fourth-order valence-corrected chi connectivity index (χ4v) is 1.48. The van der Waals surface area contributed by atoms with Crippen molar-refractivity contribution in [2.24, 2.45) is 0 Å². The van der Waals surface area contributed by atoms with E-state index in [0.29, 0.717) is 0 Å². The highest BCUT2D eigenvalue weighted by Gasteiger charge is 2.26. The molecule has 0 aliphatic heterocycles. The van der Waals surface area contributed by atoms with Crippen LogP contribution in [0.3, 0.4) is 0 Å². The van der Waals surface area contributed by atoms with E-state index in [4.69, 9.17) is 0 Å². The molecule has 0 unspecified atom stereocenters. The predicted octanol–water partition coefficient (Wildman–Crippen LogP) is 2.44. The van der Waals surface area contributed by atoms with E-state index >= 15 is 0 Å². The van der Waals surface area contributed by atoms with Crippen molar-refractivity contribution in [1.29, 1.82) is 0 Å². The van der Waals surface area contributed by atoms with Gasteiger partial charge in [0.25, 0.3) is 0 Å². The first-order valence-corrected chi connectivity index (χ1v) is 4.57. The topological polar surface area (TPSA) is 39.2 Å². The van der Waals surface area contributed by atoms with Crippen molar-refractivity contribution >= 4 is 16.9 Å². The van der Waals surface area contributed by atoms with Crippen molar-refractivity contribution < 1.29 is 22.7 Å². The minimum Gasteiger partial charge on any atom is -0.465 e. The second-order valence-corrected chi connectivity index (χ2v) is 3.21. The van der Waals surface area contributed by atoms with E-state index in [9.17, 15) is 18.0 Å². The molecule has 2 rings (SSSR count). The van der Waals surface area contributed by atoms with Crippen molar-refractivity contribution in [3.63, 3.8) is 0 Å². The molecule has 2 aromatic rings. The highest BCUT2D eigenvalue weighted by atomic mass is 19.2. The molecule has 1 aromatic heterocycles. The van der Waals surface area contributed by atoms with Crippen molar-refractivity contribution in [3.8, 4) is 0 Å². The van der Waals surface area contributed by atoms with Gasteiger partial charge in [-0.2, -0.15) is 0 Å². The van der Waals surface area contributed by atoms with Crippen LogP contribution in [0, 0.1) is 17.5 Å². The predicted molar refractivity (Wildman–Crippen MR) is 53.0 cm³/mol. The summed E-state index contributed by atoms with van der Waals surface area (Å²) in [4.78, 5) is 14.7. The Morgan fingerprint density at radius 1 is 1.24 bits per heavy atom. The van der Waals surface area contributed by atoms with E-state index in [0.717, 1.165) is 7.11 Å². The lowest BCUT2D eigenvalue weighted by Gasteiger charge is -2.07. The van der Waals surface area contributed by atoms with Crippen LogP contribution in [0.2, 0.25) is 0 Å². The number of fused-ring (bicyclic) bond motifs is 1. The van der Waals surface area contributed by atoms with Gasteiger partial charge in [0.1, 0.15) is 16.9 Å². The van der Waals surface area contributed by atoms with Gasteiger partial charge in [-0.1, -0.05) is 0 Å². The lowest BCUT2D eigenvalue weighted by Crippen LogP contribution is -2.10. The van der Waals surface area contributed by atoms with Gasteiger partial charge in [-0.25, -0.2) is 18.0 Å². The number of pyridine rings is 1. The number of carbonyl (C=O) groups excluding carboxylic acids is 1. The average molecular weight is 241 g/mol. The Morgan fingerprint density at radius 3 is 2.59 bits per heavy atom. The van der Waals surface area contributed by atoms with Crippen molar-refractivity contribution in [1.82, 2.24) is 4.98 Å². The number of nitrogens with zero attached hydrogens (tertiary/aromatic N) is 1. The summed E-state index contributed by atoms with van der Waals surface area (Å²) in [6.07, 6.45) is 1.20. The van der Waals surface area contributed by atoms with Gasteiger partial charge in [0.05, 0.1) is 7.11 Å². The Kier molecular flexibility index (Phi) is 2.71. The van der Waals surface area contributed by atoms with Crippen LogP contribution in [-0.4, -0.2) is 18.1 Å². The number of ether oxygens (including phenoxy) is 1. The summed E-state index contributed by atoms with van der Waals surface area (Å²) in [6.45, 7) is 0. The SMILES string of the molecule is COC(=O)c1c(F)c(F)c2ncccc2c1F. The number of hydrogen-bond donors (Lipinski definition) is 0. The summed E-state index contributed by atoms with van der Waals surface area (Å²) in [6, 6.07) is 2.55. The Labute approximate surface area is 93.8 Å². The van der Waals surface area contributed by atoms with E-state index in [1.54, 1.807) is 0 Å². The summed E-state index contributed by atoms with van der Waals surface area (Å²) in [5, 5.41) is -0.271. The van der Waals surface area contributed by atoms with Crippen LogP contribution < -0.4 is 0 Å². The number of hydrogen-bond acceptors (Lipinski definition) is 3. The summed E-state index contributed by atoms with van der Waals surface area (Å²) in [5.41, 5.74) is -1.51. The molecule has 17 heavy (non-hydrogen) atoms. The maximum atomic E-state index is 13.8. The third kappa shape index (κ3) is 1.61. The van der Waals surface area contributed by atoms with Crippen LogP contribution in [-0.2, 0) is 4.74 Å².